The van der Waals surface area contributed by atoms with E-state index in [1.807, 2.05) is 40.1 Å². The van der Waals surface area contributed by atoms with Crippen molar-refractivity contribution in [3.8, 4) is 5.69 Å². The molecule has 96 valence electrons. The highest BCUT2D eigenvalue weighted by Gasteiger charge is 2.24. The van der Waals surface area contributed by atoms with Crippen LogP contribution >= 0.6 is 27.5 Å². The molecule has 2 heterocycles. The van der Waals surface area contributed by atoms with Crippen LogP contribution in [0.25, 0.3) is 16.6 Å². The molecule has 0 saturated heterocycles. The van der Waals surface area contributed by atoms with Crippen molar-refractivity contribution in [2.75, 3.05) is 0 Å². The Morgan fingerprint density at radius 3 is 2.84 bits per heavy atom. The summed E-state index contributed by atoms with van der Waals surface area (Å²) in [5.74, 6) is 0. The highest BCUT2D eigenvalue weighted by atomic mass is 79.9. The minimum Gasteiger partial charge on any atom is -0.267 e. The van der Waals surface area contributed by atoms with E-state index < -0.39 is 0 Å². The lowest BCUT2D eigenvalue weighted by atomic mass is 10.2. The van der Waals surface area contributed by atoms with Crippen LogP contribution in [0, 0.1) is 0 Å². The SMILES string of the molecule is Clc1cc2cnn(-c3cnn(C4CC4)c3)c2cc1Br. The van der Waals surface area contributed by atoms with Gasteiger partial charge in [-0.1, -0.05) is 11.6 Å². The maximum Gasteiger partial charge on any atom is 0.103 e. The van der Waals surface area contributed by atoms with Crippen LogP contribution in [0.15, 0.2) is 35.2 Å². The van der Waals surface area contributed by atoms with Crippen molar-refractivity contribution in [1.29, 1.82) is 0 Å². The zero-order valence-corrected chi connectivity index (χ0v) is 12.3. The van der Waals surface area contributed by atoms with Gasteiger partial charge in [0.2, 0.25) is 0 Å². The Morgan fingerprint density at radius 2 is 2.05 bits per heavy atom. The van der Waals surface area contributed by atoms with Crippen LogP contribution in [0.4, 0.5) is 0 Å². The fourth-order valence-electron chi connectivity index (χ4n) is 2.20. The maximum atomic E-state index is 6.10. The van der Waals surface area contributed by atoms with E-state index in [9.17, 15) is 0 Å². The molecule has 0 spiro atoms. The molecule has 1 aliphatic carbocycles. The second-order valence-electron chi connectivity index (χ2n) is 4.79. The number of nitrogens with zero attached hydrogens (tertiary/aromatic N) is 4. The van der Waals surface area contributed by atoms with E-state index in [0.717, 1.165) is 21.1 Å². The largest absolute Gasteiger partial charge is 0.267 e. The Morgan fingerprint density at radius 1 is 1.21 bits per heavy atom. The van der Waals surface area contributed by atoms with Gasteiger partial charge < -0.3 is 0 Å². The van der Waals surface area contributed by atoms with Crippen molar-refractivity contribution in [2.45, 2.75) is 18.9 Å². The highest BCUT2D eigenvalue weighted by Crippen LogP contribution is 2.35. The summed E-state index contributed by atoms with van der Waals surface area (Å²) in [6.45, 7) is 0. The Hall–Kier alpha value is -1.33. The Kier molecular flexibility index (Phi) is 2.47. The molecule has 1 saturated carbocycles. The van der Waals surface area contributed by atoms with Crippen molar-refractivity contribution in [3.63, 3.8) is 0 Å². The second kappa shape index (κ2) is 4.08. The van der Waals surface area contributed by atoms with Crippen molar-refractivity contribution in [2.24, 2.45) is 0 Å². The monoisotopic (exact) mass is 336 g/mol. The van der Waals surface area contributed by atoms with Gasteiger partial charge in [-0.3, -0.25) is 4.68 Å². The van der Waals surface area contributed by atoms with Crippen molar-refractivity contribution >= 4 is 38.4 Å². The zero-order chi connectivity index (χ0) is 13.0. The zero-order valence-electron chi connectivity index (χ0n) is 9.92. The van der Waals surface area contributed by atoms with Gasteiger partial charge in [0.05, 0.1) is 35.2 Å². The van der Waals surface area contributed by atoms with Gasteiger partial charge in [-0.25, -0.2) is 4.68 Å². The van der Waals surface area contributed by atoms with Gasteiger partial charge in [-0.2, -0.15) is 10.2 Å². The summed E-state index contributed by atoms with van der Waals surface area (Å²) < 4.78 is 4.79. The van der Waals surface area contributed by atoms with E-state index in [2.05, 4.69) is 26.1 Å². The predicted molar refractivity (Wildman–Crippen MR) is 77.8 cm³/mol. The first-order chi connectivity index (χ1) is 9.22. The van der Waals surface area contributed by atoms with Crippen LogP contribution < -0.4 is 0 Å². The van der Waals surface area contributed by atoms with Gasteiger partial charge in [0.25, 0.3) is 0 Å². The van der Waals surface area contributed by atoms with Crippen LogP contribution in [0.3, 0.4) is 0 Å². The molecule has 1 aliphatic rings. The van der Waals surface area contributed by atoms with Gasteiger partial charge >= 0.3 is 0 Å². The normalized spacial score (nSPS) is 15.3. The number of rotatable bonds is 2. The lowest BCUT2D eigenvalue weighted by Crippen LogP contribution is -1.95. The molecule has 1 fully saturated rings. The smallest absolute Gasteiger partial charge is 0.103 e. The molecule has 0 unspecified atom stereocenters. The third kappa shape index (κ3) is 1.88. The number of aromatic nitrogens is 4. The molecule has 0 atom stereocenters. The van der Waals surface area contributed by atoms with Crippen LogP contribution in [-0.4, -0.2) is 19.6 Å². The van der Waals surface area contributed by atoms with Gasteiger partial charge in [0.1, 0.15) is 5.69 Å². The molecule has 0 radical (unpaired) electrons. The molecule has 0 amide bonds. The second-order valence-corrected chi connectivity index (χ2v) is 6.05. The summed E-state index contributed by atoms with van der Waals surface area (Å²) in [4.78, 5) is 0. The van der Waals surface area contributed by atoms with Crippen molar-refractivity contribution < 1.29 is 0 Å². The molecule has 1 aromatic carbocycles. The molecule has 0 bridgehead atoms. The van der Waals surface area contributed by atoms with E-state index in [4.69, 9.17) is 11.6 Å². The topological polar surface area (TPSA) is 35.6 Å². The first kappa shape index (κ1) is 11.5. The molecule has 4 nitrogen and oxygen atoms in total. The minimum atomic E-state index is 0.580. The van der Waals surface area contributed by atoms with E-state index >= 15 is 0 Å². The molecule has 3 aromatic rings. The fraction of sp³-hybridized carbons (Fsp3) is 0.231. The van der Waals surface area contributed by atoms with Gasteiger partial charge in [0, 0.05) is 9.86 Å². The number of hydrogen-bond donors (Lipinski definition) is 0. The minimum absolute atomic E-state index is 0.580. The molecule has 0 N–H and O–H groups in total. The molecule has 19 heavy (non-hydrogen) atoms. The summed E-state index contributed by atoms with van der Waals surface area (Å²) in [5, 5.41) is 10.5. The third-order valence-corrected chi connectivity index (χ3v) is 4.56. The Labute approximate surface area is 123 Å². The summed E-state index contributed by atoms with van der Waals surface area (Å²) >= 11 is 9.55. The van der Waals surface area contributed by atoms with Crippen LogP contribution in [-0.2, 0) is 0 Å². The van der Waals surface area contributed by atoms with Crippen LogP contribution in [0.1, 0.15) is 18.9 Å². The summed E-state index contributed by atoms with van der Waals surface area (Å²) in [6, 6.07) is 4.48. The average molecular weight is 338 g/mol. The maximum absolute atomic E-state index is 6.10. The fourth-order valence-corrected chi connectivity index (χ4v) is 2.71. The quantitative estimate of drug-likeness (QED) is 0.709. The number of halogens is 2. The molecule has 0 aliphatic heterocycles. The van der Waals surface area contributed by atoms with Gasteiger partial charge in [-0.15, -0.1) is 0 Å². The summed E-state index contributed by atoms with van der Waals surface area (Å²) in [5.41, 5.74) is 2.00. The van der Waals surface area contributed by atoms with Crippen molar-refractivity contribution in [1.82, 2.24) is 19.6 Å². The molecule has 2 aromatic heterocycles. The van der Waals surface area contributed by atoms with Crippen LogP contribution in [0.5, 0.6) is 0 Å². The molecular formula is C13H10BrClN4. The van der Waals surface area contributed by atoms with E-state index in [1.54, 1.807) is 0 Å². The predicted octanol–water partition coefficient (Wildman–Crippen LogP) is 3.97. The molecule has 4 rings (SSSR count). The van der Waals surface area contributed by atoms with Crippen molar-refractivity contribution in [3.05, 3.63) is 40.2 Å². The number of fused-ring (bicyclic) bond motifs is 1. The summed E-state index contributed by atoms with van der Waals surface area (Å²) in [6.07, 6.45) is 8.17. The van der Waals surface area contributed by atoms with Crippen LogP contribution in [0.2, 0.25) is 5.02 Å². The lowest BCUT2D eigenvalue weighted by Gasteiger charge is -2.01. The number of hydrogen-bond acceptors (Lipinski definition) is 2. The van der Waals surface area contributed by atoms with Gasteiger partial charge in [-0.05, 0) is 40.9 Å². The van der Waals surface area contributed by atoms with E-state index in [-0.39, 0.29) is 0 Å². The molecular weight excluding hydrogens is 328 g/mol. The van der Waals surface area contributed by atoms with E-state index in [0.29, 0.717) is 11.1 Å². The molecule has 6 heteroatoms. The lowest BCUT2D eigenvalue weighted by molar-refractivity contribution is 0.641. The number of benzene rings is 1. The summed E-state index contributed by atoms with van der Waals surface area (Å²) in [7, 11) is 0. The standard InChI is InChI=1S/C13H10BrClN4/c14-11-4-13-8(3-12(11)15)5-17-19(13)10-6-16-18(7-10)9-1-2-9/h3-7,9H,1-2H2. The third-order valence-electron chi connectivity index (χ3n) is 3.36. The Bertz CT molecular complexity index is 772. The van der Waals surface area contributed by atoms with E-state index in [1.165, 1.54) is 12.8 Å². The first-order valence-corrected chi connectivity index (χ1v) is 7.27. The average Bonchev–Trinajstić information content (AvgIpc) is 3.00. The van der Waals surface area contributed by atoms with Gasteiger partial charge in [0.15, 0.2) is 0 Å². The first-order valence-electron chi connectivity index (χ1n) is 6.10. The highest BCUT2D eigenvalue weighted by molar-refractivity contribution is 9.10. The Balaban J connectivity index is 1.87.